The number of imide groups is 2. The van der Waals surface area contributed by atoms with Gasteiger partial charge in [-0.05, 0) is 55.2 Å². The van der Waals surface area contributed by atoms with Crippen LogP contribution in [-0.4, -0.2) is 125 Å². The van der Waals surface area contributed by atoms with Gasteiger partial charge >= 0.3 is 0 Å². The van der Waals surface area contributed by atoms with Crippen LogP contribution in [0.15, 0.2) is 60.7 Å². The Kier molecular flexibility index (Phi) is 10.3. The second-order valence-electron chi connectivity index (χ2n) is 16.3. The zero-order valence-corrected chi connectivity index (χ0v) is 33.5. The van der Waals surface area contributed by atoms with Crippen molar-refractivity contribution in [1.82, 2.24) is 29.8 Å². The highest BCUT2D eigenvalue weighted by molar-refractivity contribution is 6.23. The van der Waals surface area contributed by atoms with Crippen LogP contribution in [-0.2, 0) is 20.9 Å². The van der Waals surface area contributed by atoms with E-state index in [1.807, 2.05) is 6.07 Å². The van der Waals surface area contributed by atoms with Crippen LogP contribution in [0, 0.1) is 5.82 Å². The number of nitrogens with one attached hydrogen (secondary N) is 1. The predicted molar refractivity (Wildman–Crippen MR) is 220 cm³/mol. The molecule has 5 aliphatic heterocycles. The summed E-state index contributed by atoms with van der Waals surface area (Å²) in [5, 5.41) is 7.06. The number of hydrogen-bond donors (Lipinski definition) is 3. The lowest BCUT2D eigenvalue weighted by Crippen LogP contribution is -2.70. The molecule has 1 aromatic heterocycles. The molecule has 6 amide bonds. The third kappa shape index (κ3) is 7.14. The molecular weight excluding hydrogens is 788 g/mol. The van der Waals surface area contributed by atoms with Crippen LogP contribution < -0.4 is 31.3 Å². The number of nitrogens with zero attached hydrogens (tertiary/aromatic N) is 7. The fourth-order valence-electron chi connectivity index (χ4n) is 9.27. The molecule has 1 atom stereocenters. The molecule has 0 spiro atoms. The second kappa shape index (κ2) is 15.7. The largest absolute Gasteiger partial charge is 0.495 e. The number of rotatable bonds is 12. The summed E-state index contributed by atoms with van der Waals surface area (Å²) in [6.07, 6.45) is 2.39. The van der Waals surface area contributed by atoms with Gasteiger partial charge in [-0.25, -0.2) is 9.07 Å². The molecule has 0 radical (unpaired) electrons. The van der Waals surface area contributed by atoms with Gasteiger partial charge in [0, 0.05) is 75.1 Å². The minimum absolute atomic E-state index is 0.0215. The van der Waals surface area contributed by atoms with Crippen molar-refractivity contribution in [2.45, 2.75) is 56.4 Å². The molecule has 0 bridgehead atoms. The Hall–Kier alpha value is -6.66. The molecule has 18 heteroatoms. The van der Waals surface area contributed by atoms with Crippen molar-refractivity contribution >= 4 is 53.1 Å². The van der Waals surface area contributed by atoms with E-state index < -0.39 is 41.4 Å². The third-order valence-electron chi connectivity index (χ3n) is 12.8. The molecule has 4 saturated heterocycles. The minimum atomic E-state index is -0.994. The Morgan fingerprint density at radius 3 is 2.28 bits per heavy atom. The Morgan fingerprint density at radius 1 is 0.902 bits per heavy atom. The first-order chi connectivity index (χ1) is 29.4. The molecular formula is C43H45FN10O7. The number of anilines is 3. The third-order valence-corrected chi connectivity index (χ3v) is 12.8. The van der Waals surface area contributed by atoms with Gasteiger partial charge in [0.25, 0.3) is 17.7 Å². The van der Waals surface area contributed by atoms with Crippen LogP contribution >= 0.6 is 0 Å². The summed E-state index contributed by atoms with van der Waals surface area (Å²) in [5.74, 6) is -2.64. The molecule has 0 saturated carbocycles. The summed E-state index contributed by atoms with van der Waals surface area (Å²) in [6, 6.07) is 16.1. The lowest BCUT2D eigenvalue weighted by Gasteiger charge is -2.55. The van der Waals surface area contributed by atoms with E-state index in [1.54, 1.807) is 41.1 Å². The van der Waals surface area contributed by atoms with Gasteiger partial charge in [-0.2, -0.15) is 5.10 Å². The standard InChI is InChI=1S/C43H45FN10O7/c1-61-35-10-6-26(44)16-34(35)52(23-55)18-24-2-4-25(5-3-24)38-37(40(46)57)39(45)54(48-38)27-12-14-49(15-13-27)29-19-51(20-29)30-21-50(22-30)28-7-8-31-32(17-28)43(60)53(42(31)59)33-9-11-36(56)47-41(33)58/h2-8,10,16-17,23,27,29-30,33H,9,11-15,18-22,45H2,1H3,(H2,46,57)(H,47,56,58). The average molecular weight is 833 g/mol. The van der Waals surface area contributed by atoms with Crippen LogP contribution in [0.5, 0.6) is 5.75 Å². The molecule has 6 heterocycles. The molecule has 316 valence electrons. The summed E-state index contributed by atoms with van der Waals surface area (Å²) in [4.78, 5) is 84.7. The van der Waals surface area contributed by atoms with E-state index in [2.05, 4.69) is 20.0 Å². The number of halogens is 1. The number of methoxy groups -OCH3 is 1. The first-order valence-corrected chi connectivity index (χ1v) is 20.3. The second-order valence-corrected chi connectivity index (χ2v) is 16.3. The van der Waals surface area contributed by atoms with Gasteiger partial charge in [0.05, 0.1) is 36.5 Å². The number of fused-ring (bicyclic) bond motifs is 1. The van der Waals surface area contributed by atoms with E-state index in [4.69, 9.17) is 21.3 Å². The van der Waals surface area contributed by atoms with E-state index in [0.717, 1.165) is 68.3 Å². The zero-order chi connectivity index (χ0) is 42.7. The zero-order valence-electron chi connectivity index (χ0n) is 33.5. The smallest absolute Gasteiger partial charge is 0.262 e. The Morgan fingerprint density at radius 2 is 1.61 bits per heavy atom. The number of ether oxygens (including phenoxy) is 1. The topological polar surface area (TPSA) is 210 Å². The van der Waals surface area contributed by atoms with Crippen molar-refractivity contribution in [3.05, 3.63) is 88.7 Å². The molecule has 3 aromatic carbocycles. The fourth-order valence-corrected chi connectivity index (χ4v) is 9.27. The van der Waals surface area contributed by atoms with Crippen LogP contribution in [0.2, 0.25) is 0 Å². The van der Waals surface area contributed by atoms with Crippen molar-refractivity contribution in [3.8, 4) is 17.0 Å². The van der Waals surface area contributed by atoms with Gasteiger partial charge in [-0.15, -0.1) is 0 Å². The van der Waals surface area contributed by atoms with E-state index in [-0.39, 0.29) is 47.9 Å². The molecule has 1 unspecified atom stereocenters. The van der Waals surface area contributed by atoms with Crippen molar-refractivity contribution in [2.24, 2.45) is 5.73 Å². The maximum Gasteiger partial charge on any atom is 0.262 e. The van der Waals surface area contributed by atoms with Gasteiger partial charge in [0.15, 0.2) is 0 Å². The molecule has 5 aliphatic rings. The fraction of sp³-hybridized carbons (Fsp3) is 0.372. The van der Waals surface area contributed by atoms with Gasteiger partial charge in [-0.3, -0.25) is 48.8 Å². The number of piperidine rings is 2. The predicted octanol–water partition coefficient (Wildman–Crippen LogP) is 2.15. The molecule has 5 N–H and O–H groups in total. The summed E-state index contributed by atoms with van der Waals surface area (Å²) in [5.41, 5.74) is 16.0. The normalized spacial score (nSPS) is 20.3. The van der Waals surface area contributed by atoms with Gasteiger partial charge < -0.3 is 26.0 Å². The molecule has 4 fully saturated rings. The number of carbonyl (C=O) groups excluding carboxylic acids is 6. The average Bonchev–Trinajstić information content (AvgIpc) is 3.69. The number of benzene rings is 3. The number of hydrogen-bond acceptors (Lipinski definition) is 12. The van der Waals surface area contributed by atoms with Gasteiger partial charge in [0.1, 0.15) is 34.7 Å². The lowest BCUT2D eigenvalue weighted by atomic mass is 9.95. The van der Waals surface area contributed by atoms with Crippen molar-refractivity contribution in [2.75, 3.05) is 61.9 Å². The Labute approximate surface area is 349 Å². The van der Waals surface area contributed by atoms with Crippen LogP contribution in [0.4, 0.5) is 21.6 Å². The van der Waals surface area contributed by atoms with Crippen LogP contribution in [0.25, 0.3) is 11.3 Å². The summed E-state index contributed by atoms with van der Waals surface area (Å²) >= 11 is 0. The van der Waals surface area contributed by atoms with Crippen molar-refractivity contribution in [3.63, 3.8) is 0 Å². The highest BCUT2D eigenvalue weighted by Gasteiger charge is 2.46. The van der Waals surface area contributed by atoms with Gasteiger partial charge in [-0.1, -0.05) is 24.3 Å². The summed E-state index contributed by atoms with van der Waals surface area (Å²) in [7, 11) is 1.45. The molecule has 61 heavy (non-hydrogen) atoms. The van der Waals surface area contributed by atoms with Crippen LogP contribution in [0.3, 0.4) is 0 Å². The summed E-state index contributed by atoms with van der Waals surface area (Å²) in [6.45, 7) is 5.30. The van der Waals surface area contributed by atoms with Crippen molar-refractivity contribution in [1.29, 1.82) is 0 Å². The van der Waals surface area contributed by atoms with E-state index >= 15 is 0 Å². The first kappa shape index (κ1) is 39.8. The number of carbonyl (C=O) groups is 6. The number of likely N-dealkylation sites (tertiary alicyclic amines) is 2. The van der Waals surface area contributed by atoms with E-state index in [1.165, 1.54) is 30.2 Å². The maximum atomic E-state index is 14.0. The highest BCUT2D eigenvalue weighted by atomic mass is 19.1. The molecule has 9 rings (SSSR count). The number of primary amides is 1. The first-order valence-electron chi connectivity index (χ1n) is 20.3. The number of amides is 6. The number of nitrogen functional groups attached to an aromatic ring is 1. The maximum absolute atomic E-state index is 14.0. The Balaban J connectivity index is 0.778. The number of aromatic nitrogens is 2. The van der Waals surface area contributed by atoms with Crippen molar-refractivity contribution < 1.29 is 37.9 Å². The van der Waals surface area contributed by atoms with Gasteiger partial charge in [0.2, 0.25) is 18.2 Å². The minimum Gasteiger partial charge on any atom is -0.495 e. The highest BCUT2D eigenvalue weighted by Crippen LogP contribution is 2.37. The molecule has 4 aromatic rings. The SMILES string of the molecule is COc1ccc(F)cc1N(C=O)Cc1ccc(-c2nn(C3CCN(C4CN(C5CN(c6ccc7c(c6)C(=O)N(C6CCC(=O)NC6=O)C7=O)C5)C4)CC3)c(N)c2C(N)=O)cc1. The number of nitrogens with two attached hydrogens (primary N) is 2. The quantitative estimate of drug-likeness (QED) is 0.139. The van der Waals surface area contributed by atoms with E-state index in [9.17, 15) is 33.2 Å². The van der Waals surface area contributed by atoms with E-state index in [0.29, 0.717) is 41.2 Å². The summed E-state index contributed by atoms with van der Waals surface area (Å²) < 4.78 is 21.1. The van der Waals surface area contributed by atoms with Crippen LogP contribution in [0.1, 0.15) is 68.4 Å². The Bertz CT molecular complexity index is 2460. The molecule has 0 aliphatic carbocycles. The lowest BCUT2D eigenvalue weighted by molar-refractivity contribution is -0.136. The monoisotopic (exact) mass is 832 g/mol. The molecule has 17 nitrogen and oxygen atoms in total.